The Kier molecular flexibility index (Phi) is 2.77. The van der Waals surface area contributed by atoms with Crippen LogP contribution < -0.4 is 0 Å². The molecule has 0 radical (unpaired) electrons. The third-order valence-electron chi connectivity index (χ3n) is 2.45. The van der Waals surface area contributed by atoms with Crippen molar-refractivity contribution in [1.29, 1.82) is 0 Å². The smallest absolute Gasteiger partial charge is 0.152 e. The second kappa shape index (κ2) is 4.23. The second-order valence-electron chi connectivity index (χ2n) is 3.54. The highest BCUT2D eigenvalue weighted by atomic mass is 19.1. The van der Waals surface area contributed by atoms with Gasteiger partial charge in [0.25, 0.3) is 0 Å². The predicted octanol–water partition coefficient (Wildman–Crippen LogP) is 3.01. The predicted molar refractivity (Wildman–Crippen MR) is 59.8 cm³/mol. The van der Waals surface area contributed by atoms with E-state index in [1.807, 2.05) is 0 Å². The Morgan fingerprint density at radius 2 is 2.12 bits per heavy atom. The molecule has 0 atom stereocenters. The Morgan fingerprint density at radius 1 is 1.31 bits per heavy atom. The van der Waals surface area contributed by atoms with Gasteiger partial charge in [0, 0.05) is 18.0 Å². The monoisotopic (exact) mass is 215 g/mol. The minimum absolute atomic E-state index is 0.245. The fourth-order valence-corrected chi connectivity index (χ4v) is 1.58. The molecule has 0 bridgehead atoms. The molecule has 1 heterocycles. The van der Waals surface area contributed by atoms with Crippen LogP contribution in [0.4, 0.5) is 4.39 Å². The molecule has 0 saturated carbocycles. The standard InChI is InChI=1S/C13H10FNO/c1-9-6-10(2-3-13(9)14)12-4-5-15-7-11(12)8-16/h2-8H,1H3. The molecule has 80 valence electrons. The van der Waals surface area contributed by atoms with Gasteiger partial charge < -0.3 is 0 Å². The van der Waals surface area contributed by atoms with E-state index < -0.39 is 0 Å². The van der Waals surface area contributed by atoms with Crippen molar-refractivity contribution in [2.45, 2.75) is 6.92 Å². The number of nitrogens with zero attached hydrogens (tertiary/aromatic N) is 1. The molecule has 16 heavy (non-hydrogen) atoms. The van der Waals surface area contributed by atoms with Gasteiger partial charge in [-0.25, -0.2) is 4.39 Å². The number of carbonyl (C=O) groups excluding carboxylic acids is 1. The molecule has 1 aromatic heterocycles. The van der Waals surface area contributed by atoms with E-state index >= 15 is 0 Å². The van der Waals surface area contributed by atoms with Crippen molar-refractivity contribution in [1.82, 2.24) is 4.98 Å². The van der Waals surface area contributed by atoms with Gasteiger partial charge >= 0.3 is 0 Å². The lowest BCUT2D eigenvalue weighted by Crippen LogP contribution is -1.90. The summed E-state index contributed by atoms with van der Waals surface area (Å²) in [6.07, 6.45) is 3.86. The fourth-order valence-electron chi connectivity index (χ4n) is 1.58. The van der Waals surface area contributed by atoms with Gasteiger partial charge in [-0.05, 0) is 41.8 Å². The molecule has 0 aliphatic carbocycles. The number of hydrogen-bond acceptors (Lipinski definition) is 2. The molecule has 1 aromatic carbocycles. The zero-order valence-electron chi connectivity index (χ0n) is 8.77. The summed E-state index contributed by atoms with van der Waals surface area (Å²) in [5, 5.41) is 0. The van der Waals surface area contributed by atoms with E-state index in [9.17, 15) is 9.18 Å². The lowest BCUT2D eigenvalue weighted by Gasteiger charge is -2.05. The molecule has 0 aliphatic heterocycles. The third-order valence-corrected chi connectivity index (χ3v) is 2.45. The van der Waals surface area contributed by atoms with Crippen LogP contribution in [-0.2, 0) is 0 Å². The average Bonchev–Trinajstić information content (AvgIpc) is 2.32. The first-order valence-corrected chi connectivity index (χ1v) is 4.88. The topological polar surface area (TPSA) is 30.0 Å². The molecule has 2 rings (SSSR count). The average molecular weight is 215 g/mol. The first kappa shape index (κ1) is 10.5. The lowest BCUT2D eigenvalue weighted by molar-refractivity contribution is 0.112. The lowest BCUT2D eigenvalue weighted by atomic mass is 10.0. The van der Waals surface area contributed by atoms with E-state index in [1.165, 1.54) is 12.3 Å². The fraction of sp³-hybridized carbons (Fsp3) is 0.0769. The number of benzene rings is 1. The van der Waals surface area contributed by atoms with Crippen LogP contribution >= 0.6 is 0 Å². The van der Waals surface area contributed by atoms with Crippen LogP contribution in [0.5, 0.6) is 0 Å². The van der Waals surface area contributed by atoms with Crippen molar-refractivity contribution >= 4 is 6.29 Å². The summed E-state index contributed by atoms with van der Waals surface area (Å²) in [5.74, 6) is -0.245. The van der Waals surface area contributed by atoms with Gasteiger partial charge in [0.15, 0.2) is 6.29 Å². The van der Waals surface area contributed by atoms with Crippen molar-refractivity contribution < 1.29 is 9.18 Å². The van der Waals surface area contributed by atoms with Crippen LogP contribution in [0.2, 0.25) is 0 Å². The summed E-state index contributed by atoms with van der Waals surface area (Å²) in [4.78, 5) is 14.7. The maximum atomic E-state index is 13.1. The van der Waals surface area contributed by atoms with Crippen molar-refractivity contribution in [3.8, 4) is 11.1 Å². The Hall–Kier alpha value is -2.03. The highest BCUT2D eigenvalue weighted by molar-refractivity contribution is 5.87. The number of aromatic nitrogens is 1. The minimum atomic E-state index is -0.245. The molecule has 2 nitrogen and oxygen atoms in total. The number of carbonyl (C=O) groups is 1. The molecule has 3 heteroatoms. The van der Waals surface area contributed by atoms with Crippen LogP contribution in [0.1, 0.15) is 15.9 Å². The van der Waals surface area contributed by atoms with Crippen molar-refractivity contribution in [2.75, 3.05) is 0 Å². The van der Waals surface area contributed by atoms with E-state index in [0.29, 0.717) is 11.1 Å². The summed E-state index contributed by atoms with van der Waals surface area (Å²) in [6.45, 7) is 1.70. The first-order chi connectivity index (χ1) is 7.72. The highest BCUT2D eigenvalue weighted by Gasteiger charge is 2.05. The number of pyridine rings is 1. The zero-order valence-corrected chi connectivity index (χ0v) is 8.77. The Morgan fingerprint density at radius 3 is 2.81 bits per heavy atom. The normalized spacial score (nSPS) is 10.1. The second-order valence-corrected chi connectivity index (χ2v) is 3.54. The van der Waals surface area contributed by atoms with Gasteiger partial charge in [0.05, 0.1) is 0 Å². The van der Waals surface area contributed by atoms with E-state index in [0.717, 1.165) is 17.4 Å². The Balaban J connectivity index is 2.58. The summed E-state index contributed by atoms with van der Waals surface area (Å²) in [7, 11) is 0. The molecule has 0 N–H and O–H groups in total. The van der Waals surface area contributed by atoms with Gasteiger partial charge in [-0.2, -0.15) is 0 Å². The van der Waals surface area contributed by atoms with Gasteiger partial charge in [-0.1, -0.05) is 6.07 Å². The zero-order chi connectivity index (χ0) is 11.5. The van der Waals surface area contributed by atoms with E-state index in [1.54, 1.807) is 31.3 Å². The quantitative estimate of drug-likeness (QED) is 0.721. The first-order valence-electron chi connectivity index (χ1n) is 4.88. The van der Waals surface area contributed by atoms with Crippen molar-refractivity contribution in [3.05, 3.63) is 53.6 Å². The van der Waals surface area contributed by atoms with Crippen LogP contribution in [0.15, 0.2) is 36.7 Å². The van der Waals surface area contributed by atoms with E-state index in [2.05, 4.69) is 4.98 Å². The largest absolute Gasteiger partial charge is 0.298 e. The van der Waals surface area contributed by atoms with Gasteiger partial charge in [-0.15, -0.1) is 0 Å². The van der Waals surface area contributed by atoms with Crippen LogP contribution in [0.25, 0.3) is 11.1 Å². The molecule has 0 saturated heterocycles. The summed E-state index contributed by atoms with van der Waals surface area (Å²) < 4.78 is 13.1. The van der Waals surface area contributed by atoms with Crippen molar-refractivity contribution in [3.63, 3.8) is 0 Å². The molecule has 2 aromatic rings. The van der Waals surface area contributed by atoms with Gasteiger partial charge in [0.2, 0.25) is 0 Å². The Labute approximate surface area is 92.8 Å². The number of rotatable bonds is 2. The molecular formula is C13H10FNO. The molecular weight excluding hydrogens is 205 g/mol. The minimum Gasteiger partial charge on any atom is -0.298 e. The Bertz CT molecular complexity index is 537. The van der Waals surface area contributed by atoms with Gasteiger partial charge in [-0.3, -0.25) is 9.78 Å². The molecule has 0 unspecified atom stereocenters. The van der Waals surface area contributed by atoms with Crippen LogP contribution in [-0.4, -0.2) is 11.3 Å². The molecule has 0 spiro atoms. The molecule has 0 aliphatic rings. The maximum Gasteiger partial charge on any atom is 0.152 e. The van der Waals surface area contributed by atoms with E-state index in [4.69, 9.17) is 0 Å². The SMILES string of the molecule is Cc1cc(-c2ccncc2C=O)ccc1F. The maximum absolute atomic E-state index is 13.1. The number of aryl methyl sites for hydroxylation is 1. The van der Waals surface area contributed by atoms with Crippen molar-refractivity contribution in [2.24, 2.45) is 0 Å². The summed E-state index contributed by atoms with van der Waals surface area (Å²) in [5.41, 5.74) is 2.66. The summed E-state index contributed by atoms with van der Waals surface area (Å²) in [6, 6.07) is 6.53. The number of aldehydes is 1. The third kappa shape index (κ3) is 1.84. The number of hydrogen-bond donors (Lipinski definition) is 0. The summed E-state index contributed by atoms with van der Waals surface area (Å²) >= 11 is 0. The van der Waals surface area contributed by atoms with Crippen LogP contribution in [0.3, 0.4) is 0 Å². The van der Waals surface area contributed by atoms with Gasteiger partial charge in [0.1, 0.15) is 5.82 Å². The molecule has 0 fully saturated rings. The number of halogens is 1. The van der Waals surface area contributed by atoms with Crippen LogP contribution in [0, 0.1) is 12.7 Å². The van der Waals surface area contributed by atoms with E-state index in [-0.39, 0.29) is 5.82 Å². The highest BCUT2D eigenvalue weighted by Crippen LogP contribution is 2.23. The molecule has 0 amide bonds.